The summed E-state index contributed by atoms with van der Waals surface area (Å²) in [6.07, 6.45) is 32.1. The lowest BCUT2D eigenvalue weighted by molar-refractivity contribution is 0.949. The lowest BCUT2D eigenvalue weighted by Gasteiger charge is -2.22. The minimum absolute atomic E-state index is 0.532. The van der Waals surface area contributed by atoms with Crippen LogP contribution in [0.3, 0.4) is 0 Å². The molecule has 0 N–H and O–H groups in total. The maximum Gasteiger partial charge on any atom is 0.233 e. The molecule has 2 aromatic heterocycles. The van der Waals surface area contributed by atoms with Crippen molar-refractivity contribution in [3.63, 3.8) is 0 Å². The van der Waals surface area contributed by atoms with Crippen molar-refractivity contribution in [2.45, 2.75) is 53.9 Å². The fourth-order valence-corrected chi connectivity index (χ4v) is 7.28. The van der Waals surface area contributed by atoms with E-state index in [-0.39, 0.29) is 0 Å². The Morgan fingerprint density at radius 2 is 1.62 bits per heavy atom. The first kappa shape index (κ1) is 40.8. The summed E-state index contributed by atoms with van der Waals surface area (Å²) in [6.45, 7) is 19.0. The zero-order valence-electron chi connectivity index (χ0n) is 34.7. The molecule has 1 aliphatic rings. The van der Waals surface area contributed by atoms with Gasteiger partial charge in [-0.25, -0.2) is 4.98 Å². The van der Waals surface area contributed by atoms with Gasteiger partial charge in [0.15, 0.2) is 11.6 Å². The van der Waals surface area contributed by atoms with E-state index in [0.29, 0.717) is 17.6 Å². The van der Waals surface area contributed by atoms with Gasteiger partial charge in [-0.3, -0.25) is 0 Å². The smallest absolute Gasteiger partial charge is 0.233 e. The summed E-state index contributed by atoms with van der Waals surface area (Å²) in [7, 11) is 2.00. The fourth-order valence-electron chi connectivity index (χ4n) is 7.28. The lowest BCUT2D eigenvalue weighted by atomic mass is 9.92. The second-order valence-corrected chi connectivity index (χ2v) is 13.9. The van der Waals surface area contributed by atoms with Crippen molar-refractivity contribution >= 4 is 44.6 Å². The van der Waals surface area contributed by atoms with Crippen LogP contribution in [0.5, 0.6) is 0 Å². The van der Waals surface area contributed by atoms with Gasteiger partial charge in [-0.15, -0.1) is 5.73 Å². The third-order valence-electron chi connectivity index (χ3n) is 10.2. The van der Waals surface area contributed by atoms with Crippen LogP contribution in [0.1, 0.15) is 63.9 Å². The summed E-state index contributed by atoms with van der Waals surface area (Å²) in [6, 6.07) is 23.2. The van der Waals surface area contributed by atoms with E-state index in [1.54, 1.807) is 0 Å². The molecular weight excluding hydrogens is 707 g/mol. The zero-order chi connectivity index (χ0) is 41.0. The van der Waals surface area contributed by atoms with Gasteiger partial charge in [0.2, 0.25) is 5.95 Å². The van der Waals surface area contributed by atoms with E-state index in [9.17, 15) is 0 Å². The van der Waals surface area contributed by atoms with Gasteiger partial charge in [0.25, 0.3) is 0 Å². The summed E-state index contributed by atoms with van der Waals surface area (Å²) in [4.78, 5) is 17.0. The van der Waals surface area contributed by atoms with E-state index in [4.69, 9.17) is 15.0 Å². The second kappa shape index (κ2) is 19.4. The summed E-state index contributed by atoms with van der Waals surface area (Å²) in [5, 5.41) is 2.43. The van der Waals surface area contributed by atoms with Gasteiger partial charge < -0.3 is 9.47 Å². The number of fused-ring (bicyclic) bond motifs is 3. The van der Waals surface area contributed by atoms with Crippen molar-refractivity contribution in [1.82, 2.24) is 19.5 Å². The van der Waals surface area contributed by atoms with Gasteiger partial charge in [0.1, 0.15) is 0 Å². The van der Waals surface area contributed by atoms with Crippen molar-refractivity contribution in [2.75, 3.05) is 11.9 Å². The molecular formula is C53H53N5. The molecule has 0 spiro atoms. The average Bonchev–Trinajstić information content (AvgIpc) is 3.40. The molecule has 2 heterocycles. The maximum absolute atomic E-state index is 5.05. The second-order valence-electron chi connectivity index (χ2n) is 13.9. The van der Waals surface area contributed by atoms with Crippen LogP contribution < -0.4 is 4.90 Å². The van der Waals surface area contributed by atoms with Crippen LogP contribution in [0.2, 0.25) is 0 Å². The first-order valence-electron chi connectivity index (χ1n) is 20.1. The monoisotopic (exact) mass is 759 g/mol. The predicted molar refractivity (Wildman–Crippen MR) is 250 cm³/mol. The van der Waals surface area contributed by atoms with Crippen molar-refractivity contribution < 1.29 is 0 Å². The summed E-state index contributed by atoms with van der Waals surface area (Å²) in [5.41, 5.74) is 14.9. The zero-order valence-corrected chi connectivity index (χ0v) is 34.7. The molecule has 0 aliphatic heterocycles. The van der Waals surface area contributed by atoms with Crippen LogP contribution >= 0.6 is 0 Å². The first-order chi connectivity index (χ1) is 28.4. The molecule has 0 radical (unpaired) electrons. The molecule has 0 bridgehead atoms. The summed E-state index contributed by atoms with van der Waals surface area (Å²) >= 11 is 0. The van der Waals surface area contributed by atoms with Crippen molar-refractivity contribution in [3.05, 3.63) is 204 Å². The largest absolute Gasteiger partial charge is 0.312 e. The molecule has 6 rings (SSSR count). The van der Waals surface area contributed by atoms with Crippen molar-refractivity contribution in [3.8, 4) is 11.4 Å². The van der Waals surface area contributed by atoms with Crippen LogP contribution in [0, 0.1) is 6.92 Å². The maximum atomic E-state index is 5.05. The quantitative estimate of drug-likeness (QED) is 0.0788. The number of unbranched alkanes of at least 4 members (excludes halogenated alkanes) is 1. The molecule has 58 heavy (non-hydrogen) atoms. The summed E-state index contributed by atoms with van der Waals surface area (Å²) in [5.74, 6) is 1.76. The van der Waals surface area contributed by atoms with E-state index in [2.05, 4.69) is 136 Å². The Morgan fingerprint density at radius 1 is 0.845 bits per heavy atom. The molecule has 0 atom stereocenters. The third-order valence-corrected chi connectivity index (χ3v) is 10.2. The average molecular weight is 760 g/mol. The molecule has 0 unspecified atom stereocenters. The molecule has 5 nitrogen and oxygen atoms in total. The number of likely N-dealkylation sites (N-methyl/N-ethyl adjacent to an activating group) is 1. The highest BCUT2D eigenvalue weighted by molar-refractivity contribution is 6.13. The van der Waals surface area contributed by atoms with Gasteiger partial charge >= 0.3 is 0 Å². The number of nitrogens with zero attached hydrogens (tertiary/aromatic N) is 5. The Bertz CT molecular complexity index is 2660. The van der Waals surface area contributed by atoms with Crippen LogP contribution in [0.4, 0.5) is 5.95 Å². The number of para-hydroxylation sites is 1. The van der Waals surface area contributed by atoms with Gasteiger partial charge in [0, 0.05) is 46.3 Å². The summed E-state index contributed by atoms with van der Waals surface area (Å²) < 4.78 is 2.35. The predicted octanol–water partition coefficient (Wildman–Crippen LogP) is 13.9. The number of rotatable bonds is 15. The lowest BCUT2D eigenvalue weighted by Crippen LogP contribution is -2.21. The molecule has 1 aliphatic carbocycles. The van der Waals surface area contributed by atoms with Gasteiger partial charge in [0.05, 0.1) is 16.7 Å². The Balaban J connectivity index is 1.50. The fraction of sp³-hybridized carbons (Fsp3) is 0.170. The molecule has 0 saturated heterocycles. The highest BCUT2D eigenvalue weighted by Gasteiger charge is 2.21. The Labute approximate surface area is 344 Å². The number of hydrogen-bond acceptors (Lipinski definition) is 4. The SMILES string of the molecule is C=C/C=C(\C=C/CCC)n1c2ccccc2c2c(C)c(/C(C=C)=C/C(=C\C)C3=C(N(C)c4nc(C(/C=C\CC)=C/C)nc(-c5ccccc5)n4)C=C=CC=C3)ccc21. The van der Waals surface area contributed by atoms with Gasteiger partial charge in [-0.05, 0) is 92.3 Å². The highest BCUT2D eigenvalue weighted by Crippen LogP contribution is 2.38. The number of allylic oxidation sites excluding steroid dienone is 18. The van der Waals surface area contributed by atoms with E-state index in [1.165, 1.54) is 16.3 Å². The minimum atomic E-state index is 0.532. The van der Waals surface area contributed by atoms with E-state index in [0.717, 1.165) is 75.1 Å². The van der Waals surface area contributed by atoms with Gasteiger partial charge in [-0.2, -0.15) is 9.97 Å². The number of aryl methyl sites for hydroxylation is 1. The topological polar surface area (TPSA) is 46.8 Å². The molecule has 5 heteroatoms. The molecule has 5 aromatic rings. The van der Waals surface area contributed by atoms with E-state index in [1.807, 2.05) is 85.7 Å². The minimum Gasteiger partial charge on any atom is -0.312 e. The molecule has 0 saturated carbocycles. The van der Waals surface area contributed by atoms with Crippen LogP contribution in [0.15, 0.2) is 188 Å². The normalized spacial score (nSPS) is 14.1. The molecule has 3 aromatic carbocycles. The number of hydrogen-bond donors (Lipinski definition) is 0. The molecule has 0 fully saturated rings. The Hall–Kier alpha value is -6.81. The van der Waals surface area contributed by atoms with Crippen molar-refractivity contribution in [2.24, 2.45) is 0 Å². The number of benzene rings is 3. The van der Waals surface area contributed by atoms with Crippen LogP contribution in [-0.4, -0.2) is 26.6 Å². The number of aromatic nitrogens is 4. The Kier molecular flexibility index (Phi) is 13.6. The van der Waals surface area contributed by atoms with Gasteiger partial charge in [-0.1, -0.05) is 143 Å². The van der Waals surface area contributed by atoms with Crippen molar-refractivity contribution in [1.29, 1.82) is 0 Å². The third kappa shape index (κ3) is 8.61. The van der Waals surface area contributed by atoms with Crippen LogP contribution in [0.25, 0.3) is 50.0 Å². The standard InChI is InChI=1S/C53H53N5/c1-9-15-19-30-43(26-11-3)58-48-34-25-24-32-46(48)50-38(7)44(35-36-49(50)58)40(13-5)37-41(14-6)45-31-22-18-23-33-47(45)57(8)53-55-51(39(12-4)27-16-10-2)54-52(56-53)42-28-20-17-21-29-42/h11-14,16-22,24-37H,3,5,9-10,15H2,1-2,4,6-8H3/b27-16-,30-19-,39-12+,40-37+,41-14+,43-26+. The Morgan fingerprint density at radius 3 is 2.34 bits per heavy atom. The van der Waals surface area contributed by atoms with E-state index < -0.39 is 0 Å². The van der Waals surface area contributed by atoms with Crippen LogP contribution in [-0.2, 0) is 0 Å². The molecule has 0 amide bonds. The highest BCUT2D eigenvalue weighted by atomic mass is 15.3. The van der Waals surface area contributed by atoms with E-state index >= 15 is 0 Å². The number of anilines is 1. The first-order valence-corrected chi connectivity index (χ1v) is 20.1. The molecule has 290 valence electrons.